The van der Waals surface area contributed by atoms with Crippen LogP contribution in [0.25, 0.3) is 22.3 Å². The number of hydrogen-bond acceptors (Lipinski definition) is 9. The normalized spacial score (nSPS) is 18.7. The molecule has 11 nitrogen and oxygen atoms in total. The maximum Gasteiger partial charge on any atom is 0.407 e. The first-order chi connectivity index (χ1) is 17.9. The first-order valence-electron chi connectivity index (χ1n) is 12.2. The van der Waals surface area contributed by atoms with E-state index in [1.54, 1.807) is 30.5 Å². The molecule has 0 radical (unpaired) electrons. The van der Waals surface area contributed by atoms with E-state index in [0.29, 0.717) is 41.4 Å². The second kappa shape index (κ2) is 8.48. The van der Waals surface area contributed by atoms with E-state index in [2.05, 4.69) is 5.32 Å². The summed E-state index contributed by atoms with van der Waals surface area (Å²) in [5, 5.41) is 14.7. The number of aromatic nitrogens is 2. The number of hydrogen-bond donors (Lipinski definition) is 2. The van der Waals surface area contributed by atoms with Crippen molar-refractivity contribution in [1.82, 2.24) is 14.9 Å². The van der Waals surface area contributed by atoms with Gasteiger partial charge >= 0.3 is 12.1 Å². The van der Waals surface area contributed by atoms with Gasteiger partial charge in [-0.1, -0.05) is 6.92 Å². The van der Waals surface area contributed by atoms with E-state index in [1.807, 2.05) is 6.07 Å². The topological polar surface area (TPSA) is 138 Å². The molecule has 3 aromatic rings. The van der Waals surface area contributed by atoms with Crippen LogP contribution in [0, 0.1) is 0 Å². The van der Waals surface area contributed by atoms with Crippen LogP contribution in [0.4, 0.5) is 4.79 Å². The third-order valence-corrected chi connectivity index (χ3v) is 7.22. The Bertz CT molecular complexity index is 1550. The zero-order valence-electron chi connectivity index (χ0n) is 20.4. The van der Waals surface area contributed by atoms with Crippen molar-refractivity contribution in [2.45, 2.75) is 45.4 Å². The molecule has 0 fully saturated rings. The summed E-state index contributed by atoms with van der Waals surface area (Å²) in [5.41, 5.74) is 1.73. The molecule has 37 heavy (non-hydrogen) atoms. The number of nitrogens with one attached hydrogen (secondary N) is 1. The molecule has 0 bridgehead atoms. The van der Waals surface area contributed by atoms with Gasteiger partial charge in [-0.05, 0) is 37.5 Å². The molecule has 0 unspecified atom stereocenters. The fraction of sp³-hybridized carbons (Fsp3) is 0.385. The van der Waals surface area contributed by atoms with Crippen molar-refractivity contribution in [1.29, 1.82) is 0 Å². The van der Waals surface area contributed by atoms with Crippen LogP contribution >= 0.6 is 0 Å². The summed E-state index contributed by atoms with van der Waals surface area (Å²) in [4.78, 5) is 42.8. The fourth-order valence-electron chi connectivity index (χ4n) is 5.31. The highest BCUT2D eigenvalue weighted by Gasteiger charge is 2.45. The number of carbonyl (C=O) groups excluding carboxylic acids is 2. The van der Waals surface area contributed by atoms with E-state index < -0.39 is 17.7 Å². The standard InChI is InChI=1S/C26H25N3O8/c1-3-26(33)17-8-19-22-15(10-29(19)23(30)16(17)11-35-24(26)31)13(5-6-27-25(32)34-4-2)14-7-20-21(37-12-36-20)9-18(14)28-22/h7-9,33H,3-6,10-12H2,1-2H3,(H,27,32)/t26-/m0/s1. The molecule has 1 aromatic carbocycles. The van der Waals surface area contributed by atoms with Crippen molar-refractivity contribution in [3.63, 3.8) is 0 Å². The maximum absolute atomic E-state index is 13.5. The Balaban J connectivity index is 1.53. The second-order valence-corrected chi connectivity index (χ2v) is 9.14. The van der Waals surface area contributed by atoms with Gasteiger partial charge in [0.1, 0.15) is 6.61 Å². The molecule has 2 aromatic heterocycles. The summed E-state index contributed by atoms with van der Waals surface area (Å²) in [5.74, 6) is 0.398. The number of fused-ring (bicyclic) bond motifs is 6. The first-order valence-corrected chi connectivity index (χ1v) is 12.2. The molecular formula is C26H25N3O8. The number of cyclic esters (lactones) is 1. The average Bonchev–Trinajstić information content (AvgIpc) is 3.49. The lowest BCUT2D eigenvalue weighted by Gasteiger charge is -2.31. The molecule has 0 spiro atoms. The number of pyridine rings is 2. The number of carbonyl (C=O) groups is 2. The summed E-state index contributed by atoms with van der Waals surface area (Å²) in [7, 11) is 0. The maximum atomic E-state index is 13.5. The van der Waals surface area contributed by atoms with Gasteiger partial charge in [-0.25, -0.2) is 14.6 Å². The molecule has 0 saturated heterocycles. The highest BCUT2D eigenvalue weighted by atomic mass is 16.7. The number of alkyl carbamates (subject to hydrolysis) is 1. The molecule has 5 heterocycles. The minimum Gasteiger partial charge on any atom is -0.458 e. The Hall–Kier alpha value is -4.12. The minimum atomic E-state index is -1.90. The van der Waals surface area contributed by atoms with Crippen LogP contribution in [0.15, 0.2) is 23.0 Å². The molecule has 192 valence electrons. The Labute approximate surface area is 210 Å². The molecular weight excluding hydrogens is 482 g/mol. The third-order valence-electron chi connectivity index (χ3n) is 7.22. The largest absolute Gasteiger partial charge is 0.458 e. The van der Waals surface area contributed by atoms with E-state index in [9.17, 15) is 19.5 Å². The highest BCUT2D eigenvalue weighted by Crippen LogP contribution is 2.43. The van der Waals surface area contributed by atoms with E-state index in [1.165, 1.54) is 0 Å². The third kappa shape index (κ3) is 3.45. The highest BCUT2D eigenvalue weighted by molar-refractivity contribution is 5.91. The molecule has 0 aliphatic carbocycles. The second-order valence-electron chi connectivity index (χ2n) is 9.14. The van der Waals surface area contributed by atoms with Crippen LogP contribution in [0.5, 0.6) is 11.5 Å². The van der Waals surface area contributed by atoms with E-state index in [-0.39, 0.29) is 49.7 Å². The van der Waals surface area contributed by atoms with Crippen molar-refractivity contribution in [3.8, 4) is 22.9 Å². The summed E-state index contributed by atoms with van der Waals surface area (Å²) >= 11 is 0. The van der Waals surface area contributed by atoms with Crippen molar-refractivity contribution < 1.29 is 33.6 Å². The monoisotopic (exact) mass is 507 g/mol. The minimum absolute atomic E-state index is 0.0635. The van der Waals surface area contributed by atoms with E-state index in [4.69, 9.17) is 23.9 Å². The van der Waals surface area contributed by atoms with Crippen LogP contribution < -0.4 is 20.3 Å². The molecule has 3 aliphatic heterocycles. The number of rotatable bonds is 5. The predicted octanol–water partition coefficient (Wildman–Crippen LogP) is 2.10. The number of esters is 1. The Morgan fingerprint density at radius 1 is 1.16 bits per heavy atom. The summed E-state index contributed by atoms with van der Waals surface area (Å²) in [6.07, 6.45) is 0.00217. The predicted molar refractivity (Wildman–Crippen MR) is 129 cm³/mol. The molecule has 11 heteroatoms. The average molecular weight is 507 g/mol. The number of aliphatic hydroxyl groups is 1. The summed E-state index contributed by atoms with van der Waals surface area (Å²) in [6.45, 7) is 4.14. The lowest BCUT2D eigenvalue weighted by molar-refractivity contribution is -0.172. The van der Waals surface area contributed by atoms with Gasteiger partial charge in [-0.2, -0.15) is 0 Å². The Kier molecular flexibility index (Phi) is 5.34. The SMILES string of the molecule is CCOC(=O)NCCc1c2c(nc3cc4c(cc13)OCO4)-c1cc3c(c(=O)n1C2)COC(=O)[C@]3(O)CC. The zero-order chi connectivity index (χ0) is 25.9. The van der Waals surface area contributed by atoms with Crippen LogP contribution in [-0.2, 0) is 39.4 Å². The molecule has 6 rings (SSSR count). The Morgan fingerprint density at radius 2 is 1.95 bits per heavy atom. The summed E-state index contributed by atoms with van der Waals surface area (Å²) in [6, 6.07) is 5.34. The smallest absolute Gasteiger partial charge is 0.407 e. The molecule has 3 aliphatic rings. The van der Waals surface area contributed by atoms with Crippen LogP contribution in [0.1, 0.15) is 42.5 Å². The number of ether oxygens (including phenoxy) is 4. The lowest BCUT2D eigenvalue weighted by atomic mass is 9.86. The number of amides is 1. The zero-order valence-corrected chi connectivity index (χ0v) is 20.4. The molecule has 2 N–H and O–H groups in total. The lowest BCUT2D eigenvalue weighted by Crippen LogP contribution is -2.44. The quantitative estimate of drug-likeness (QED) is 0.389. The van der Waals surface area contributed by atoms with Crippen LogP contribution in [0.2, 0.25) is 0 Å². The van der Waals surface area contributed by atoms with Crippen molar-refractivity contribution >= 4 is 23.0 Å². The Morgan fingerprint density at radius 3 is 2.70 bits per heavy atom. The van der Waals surface area contributed by atoms with Gasteiger partial charge in [0.15, 0.2) is 17.1 Å². The van der Waals surface area contributed by atoms with Gasteiger partial charge in [0.25, 0.3) is 5.56 Å². The van der Waals surface area contributed by atoms with Crippen LogP contribution in [-0.4, -0.2) is 46.7 Å². The fourth-order valence-corrected chi connectivity index (χ4v) is 5.31. The first kappa shape index (κ1) is 23.3. The van der Waals surface area contributed by atoms with Gasteiger partial charge in [0.05, 0.1) is 35.6 Å². The van der Waals surface area contributed by atoms with Crippen molar-refractivity contribution in [3.05, 3.63) is 50.8 Å². The van der Waals surface area contributed by atoms with Crippen molar-refractivity contribution in [2.24, 2.45) is 0 Å². The number of nitrogens with zero attached hydrogens (tertiary/aromatic N) is 2. The van der Waals surface area contributed by atoms with Crippen molar-refractivity contribution in [2.75, 3.05) is 19.9 Å². The van der Waals surface area contributed by atoms with Crippen LogP contribution in [0.3, 0.4) is 0 Å². The van der Waals surface area contributed by atoms with Gasteiger partial charge < -0.3 is 33.9 Å². The van der Waals surface area contributed by atoms with E-state index in [0.717, 1.165) is 16.5 Å². The van der Waals surface area contributed by atoms with Gasteiger partial charge in [0.2, 0.25) is 6.79 Å². The number of benzene rings is 1. The van der Waals surface area contributed by atoms with Gasteiger partial charge in [-0.3, -0.25) is 4.79 Å². The molecule has 1 atom stereocenters. The summed E-state index contributed by atoms with van der Waals surface area (Å²) < 4.78 is 22.9. The molecule has 0 saturated carbocycles. The molecule has 1 amide bonds. The van der Waals surface area contributed by atoms with E-state index >= 15 is 0 Å². The van der Waals surface area contributed by atoms with Gasteiger partial charge in [0, 0.05) is 29.1 Å². The van der Waals surface area contributed by atoms with Gasteiger partial charge in [-0.15, -0.1) is 0 Å².